The molecule has 0 saturated carbocycles. The van der Waals surface area contributed by atoms with Gasteiger partial charge in [0.15, 0.2) is 0 Å². The molecule has 0 aromatic carbocycles. The molecule has 6 heteroatoms. The first-order valence-corrected chi connectivity index (χ1v) is 6.95. The summed E-state index contributed by atoms with van der Waals surface area (Å²) < 4.78 is 1.89. The number of hydrogen-bond acceptors (Lipinski definition) is 4. The molecule has 0 amide bonds. The molecule has 2 aromatic rings. The number of thiophene rings is 1. The lowest BCUT2D eigenvalue weighted by Crippen LogP contribution is -2.29. The minimum Gasteiger partial charge on any atom is -0.481 e. The van der Waals surface area contributed by atoms with E-state index in [0.29, 0.717) is 6.04 Å². The summed E-state index contributed by atoms with van der Waals surface area (Å²) in [6.45, 7) is 3.68. The minimum atomic E-state index is -0.784. The average molecular weight is 279 g/mol. The predicted molar refractivity (Wildman–Crippen MR) is 74.2 cm³/mol. The number of carboxylic acid groups (broad SMARTS) is 1. The largest absolute Gasteiger partial charge is 0.481 e. The molecule has 0 aliphatic heterocycles. The first kappa shape index (κ1) is 13.8. The van der Waals surface area contributed by atoms with Crippen molar-refractivity contribution in [2.45, 2.75) is 32.5 Å². The van der Waals surface area contributed by atoms with Crippen LogP contribution in [0.25, 0.3) is 0 Å². The number of hydrogen-bond donors (Lipinski definition) is 2. The fraction of sp³-hybridized carbons (Fsp3) is 0.385. The highest BCUT2D eigenvalue weighted by Crippen LogP contribution is 2.17. The number of aliphatic carboxylic acids is 1. The minimum absolute atomic E-state index is 0.105. The number of rotatable bonds is 7. The predicted octanol–water partition coefficient (Wildman–Crippen LogP) is 1.75. The normalized spacial score (nSPS) is 12.5. The molecule has 0 radical (unpaired) electrons. The maximum absolute atomic E-state index is 10.6. The van der Waals surface area contributed by atoms with Gasteiger partial charge in [-0.05, 0) is 25.1 Å². The molecule has 102 valence electrons. The Labute approximate surface area is 115 Å². The van der Waals surface area contributed by atoms with E-state index in [9.17, 15) is 4.79 Å². The van der Waals surface area contributed by atoms with E-state index >= 15 is 0 Å². The molecule has 2 heterocycles. The Hall–Kier alpha value is -1.66. The zero-order chi connectivity index (χ0) is 13.7. The topological polar surface area (TPSA) is 67.2 Å². The third kappa shape index (κ3) is 4.50. The van der Waals surface area contributed by atoms with Crippen molar-refractivity contribution < 1.29 is 9.90 Å². The number of nitrogens with zero attached hydrogens (tertiary/aromatic N) is 2. The molecule has 0 spiro atoms. The average Bonchev–Trinajstić information content (AvgIpc) is 2.97. The zero-order valence-electron chi connectivity index (χ0n) is 10.7. The van der Waals surface area contributed by atoms with Gasteiger partial charge in [-0.25, -0.2) is 0 Å². The van der Waals surface area contributed by atoms with Crippen LogP contribution in [0.1, 0.15) is 16.7 Å². The van der Waals surface area contributed by atoms with Gasteiger partial charge < -0.3 is 10.4 Å². The van der Waals surface area contributed by atoms with Crippen molar-refractivity contribution in [3.8, 4) is 0 Å². The second kappa shape index (κ2) is 6.49. The highest BCUT2D eigenvalue weighted by atomic mass is 32.1. The van der Waals surface area contributed by atoms with Gasteiger partial charge in [0.25, 0.3) is 0 Å². The Morgan fingerprint density at radius 2 is 2.32 bits per heavy atom. The van der Waals surface area contributed by atoms with Crippen molar-refractivity contribution in [1.29, 1.82) is 0 Å². The van der Waals surface area contributed by atoms with E-state index in [1.807, 2.05) is 29.1 Å². The third-order valence-corrected chi connectivity index (χ3v) is 3.77. The number of carboxylic acids is 1. The summed E-state index contributed by atoms with van der Waals surface area (Å²) in [5.41, 5.74) is 0. The molecule has 1 unspecified atom stereocenters. The summed E-state index contributed by atoms with van der Waals surface area (Å²) in [5.74, 6) is -0.784. The summed E-state index contributed by atoms with van der Waals surface area (Å²) in [5, 5.41) is 16.3. The summed E-state index contributed by atoms with van der Waals surface area (Å²) >= 11 is 1.55. The summed E-state index contributed by atoms with van der Waals surface area (Å²) in [6.07, 6.45) is 3.81. The van der Waals surface area contributed by atoms with Crippen LogP contribution in [0.4, 0.5) is 0 Å². The van der Waals surface area contributed by atoms with Crippen LogP contribution in [0.5, 0.6) is 0 Å². The van der Waals surface area contributed by atoms with E-state index in [0.717, 1.165) is 22.8 Å². The molecule has 0 aliphatic carbocycles. The first-order valence-electron chi connectivity index (χ1n) is 6.13. The van der Waals surface area contributed by atoms with E-state index in [4.69, 9.17) is 5.11 Å². The van der Waals surface area contributed by atoms with Gasteiger partial charge in [0.05, 0.1) is 13.0 Å². The Bertz CT molecular complexity index is 522. The van der Waals surface area contributed by atoms with Crippen molar-refractivity contribution in [2.24, 2.45) is 0 Å². The molecule has 5 nitrogen and oxygen atoms in total. The first-order chi connectivity index (χ1) is 9.13. The lowest BCUT2D eigenvalue weighted by atomic mass is 10.3. The van der Waals surface area contributed by atoms with Crippen LogP contribution >= 0.6 is 11.3 Å². The van der Waals surface area contributed by atoms with Crippen molar-refractivity contribution >= 4 is 17.3 Å². The molecule has 1 atom stereocenters. The van der Waals surface area contributed by atoms with Crippen molar-refractivity contribution in [1.82, 2.24) is 15.1 Å². The number of aromatic nitrogens is 2. The smallest absolute Gasteiger partial charge is 0.308 e. The Balaban J connectivity index is 1.78. The zero-order valence-corrected chi connectivity index (χ0v) is 11.6. The molecule has 0 aliphatic rings. The third-order valence-electron chi connectivity index (χ3n) is 2.69. The number of carbonyl (C=O) groups is 1. The van der Waals surface area contributed by atoms with Crippen LogP contribution in [0, 0.1) is 0 Å². The van der Waals surface area contributed by atoms with E-state index in [1.54, 1.807) is 17.5 Å². The van der Waals surface area contributed by atoms with Gasteiger partial charge in [0.1, 0.15) is 0 Å². The fourth-order valence-electron chi connectivity index (χ4n) is 1.79. The molecule has 0 fully saturated rings. The van der Waals surface area contributed by atoms with Crippen LogP contribution in [-0.4, -0.2) is 26.9 Å². The molecule has 2 aromatic heterocycles. The highest BCUT2D eigenvalue weighted by molar-refractivity contribution is 7.12. The molecule has 0 saturated heterocycles. The number of nitrogens with one attached hydrogen (secondary N) is 1. The Morgan fingerprint density at radius 1 is 1.53 bits per heavy atom. The standard InChI is InChI=1S/C13H17N3O2S/c1-10(9-16-6-2-5-15-16)14-8-12-4-3-11(19-12)7-13(17)18/h2-6,10,14H,7-9H2,1H3,(H,17,18). The van der Waals surface area contributed by atoms with Crippen LogP contribution in [0.3, 0.4) is 0 Å². The van der Waals surface area contributed by atoms with Gasteiger partial charge in [-0.2, -0.15) is 5.10 Å². The maximum Gasteiger partial charge on any atom is 0.308 e. The second-order valence-electron chi connectivity index (χ2n) is 4.45. The summed E-state index contributed by atoms with van der Waals surface area (Å²) in [7, 11) is 0. The molecule has 0 bridgehead atoms. The SMILES string of the molecule is CC(Cn1cccn1)NCc1ccc(CC(=O)O)s1. The molecule has 2 N–H and O–H groups in total. The van der Waals surface area contributed by atoms with Gasteiger partial charge in [-0.1, -0.05) is 0 Å². The molecular formula is C13H17N3O2S. The quantitative estimate of drug-likeness (QED) is 0.810. The lowest BCUT2D eigenvalue weighted by Gasteiger charge is -2.12. The van der Waals surface area contributed by atoms with E-state index in [-0.39, 0.29) is 6.42 Å². The van der Waals surface area contributed by atoms with Gasteiger partial charge in [-0.3, -0.25) is 9.48 Å². The van der Waals surface area contributed by atoms with Gasteiger partial charge in [0.2, 0.25) is 0 Å². The van der Waals surface area contributed by atoms with E-state index in [2.05, 4.69) is 17.3 Å². The lowest BCUT2D eigenvalue weighted by molar-refractivity contribution is -0.136. The summed E-state index contributed by atoms with van der Waals surface area (Å²) in [4.78, 5) is 12.7. The highest BCUT2D eigenvalue weighted by Gasteiger charge is 2.06. The fourth-order valence-corrected chi connectivity index (χ4v) is 2.75. The van der Waals surface area contributed by atoms with Crippen molar-refractivity contribution in [3.63, 3.8) is 0 Å². The maximum atomic E-state index is 10.6. The van der Waals surface area contributed by atoms with E-state index < -0.39 is 5.97 Å². The monoisotopic (exact) mass is 279 g/mol. The summed E-state index contributed by atoms with van der Waals surface area (Å²) in [6, 6.07) is 6.08. The van der Waals surface area contributed by atoms with Crippen molar-refractivity contribution in [3.05, 3.63) is 40.3 Å². The second-order valence-corrected chi connectivity index (χ2v) is 5.70. The van der Waals surface area contributed by atoms with Crippen LogP contribution < -0.4 is 5.32 Å². The van der Waals surface area contributed by atoms with E-state index in [1.165, 1.54) is 0 Å². The molecular weight excluding hydrogens is 262 g/mol. The molecule has 19 heavy (non-hydrogen) atoms. The van der Waals surface area contributed by atoms with Crippen LogP contribution in [0.15, 0.2) is 30.6 Å². The van der Waals surface area contributed by atoms with Crippen LogP contribution in [-0.2, 0) is 24.3 Å². The van der Waals surface area contributed by atoms with Crippen molar-refractivity contribution in [2.75, 3.05) is 0 Å². The Kier molecular flexibility index (Phi) is 4.70. The Morgan fingerprint density at radius 3 is 3.00 bits per heavy atom. The van der Waals surface area contributed by atoms with Gasteiger partial charge in [0, 0.05) is 34.7 Å². The molecule has 2 rings (SSSR count). The van der Waals surface area contributed by atoms with Gasteiger partial charge in [-0.15, -0.1) is 11.3 Å². The van der Waals surface area contributed by atoms with Crippen LogP contribution in [0.2, 0.25) is 0 Å². The van der Waals surface area contributed by atoms with Gasteiger partial charge >= 0.3 is 5.97 Å².